The number of unbranched alkanes of at least 4 members (excludes halogenated alkanes) is 52. The molecule has 0 rings (SSSR count). The number of allylic oxidation sites excluding steroid dienone is 5. The molecule has 0 spiro atoms. The highest BCUT2D eigenvalue weighted by Gasteiger charge is 2.18. The van der Waals surface area contributed by atoms with Crippen molar-refractivity contribution >= 4 is 11.9 Å². The summed E-state index contributed by atoms with van der Waals surface area (Å²) in [4.78, 5) is 24.6. The first-order valence-corrected chi connectivity index (χ1v) is 35.8. The second kappa shape index (κ2) is 68.6. The van der Waals surface area contributed by atoms with Gasteiger partial charge in [0.05, 0.1) is 25.4 Å². The van der Waals surface area contributed by atoms with Gasteiger partial charge < -0.3 is 20.3 Å². The normalized spacial score (nSPS) is 12.7. The number of carbonyl (C=O) groups excluding carboxylic acids is 2. The van der Waals surface area contributed by atoms with E-state index in [2.05, 4.69) is 43.5 Å². The number of aliphatic hydroxyl groups is 2. The zero-order valence-electron chi connectivity index (χ0n) is 53.4. The Kier molecular flexibility index (Phi) is 66.9. The first kappa shape index (κ1) is 77.1. The van der Waals surface area contributed by atoms with Crippen LogP contribution >= 0.6 is 0 Å². The average molecular weight is 1110 g/mol. The molecule has 6 nitrogen and oxygen atoms in total. The molecule has 0 radical (unpaired) electrons. The molecule has 0 saturated carbocycles. The van der Waals surface area contributed by atoms with Crippen LogP contribution in [0.3, 0.4) is 0 Å². The van der Waals surface area contributed by atoms with Gasteiger partial charge in [-0.1, -0.05) is 352 Å². The summed E-state index contributed by atoms with van der Waals surface area (Å²) in [6.45, 7) is 4.90. The average Bonchev–Trinajstić information content (AvgIpc) is 3.45. The van der Waals surface area contributed by atoms with E-state index < -0.39 is 12.1 Å². The summed E-state index contributed by atoms with van der Waals surface area (Å²) >= 11 is 0. The molecule has 0 aromatic heterocycles. The SMILES string of the molecule is CCCCC/C=C\C/C=C\CCCCCCCCCCCC(=O)OCCCCCCCCCCCCCCCCCCCCCCCCCCCCCCCCC(=O)NC(CO)C(O)/C=C/CCCCCCCCCCCCC. The topological polar surface area (TPSA) is 95.9 Å². The van der Waals surface area contributed by atoms with Crippen molar-refractivity contribution in [3.8, 4) is 0 Å². The third-order valence-electron chi connectivity index (χ3n) is 16.7. The highest BCUT2D eigenvalue weighted by atomic mass is 16.5. The number of hydrogen-bond donors (Lipinski definition) is 3. The molecule has 6 heteroatoms. The minimum absolute atomic E-state index is 0.0164. The Morgan fingerprint density at radius 3 is 0.987 bits per heavy atom. The summed E-state index contributed by atoms with van der Waals surface area (Å²) in [5.74, 6) is -0.0464. The molecule has 0 fully saturated rings. The maximum absolute atomic E-state index is 12.5. The van der Waals surface area contributed by atoms with Crippen molar-refractivity contribution in [3.63, 3.8) is 0 Å². The van der Waals surface area contributed by atoms with Gasteiger partial charge >= 0.3 is 5.97 Å². The van der Waals surface area contributed by atoms with Gasteiger partial charge in [0, 0.05) is 12.8 Å². The van der Waals surface area contributed by atoms with Crippen molar-refractivity contribution in [2.75, 3.05) is 13.2 Å². The van der Waals surface area contributed by atoms with Gasteiger partial charge in [-0.05, 0) is 64.2 Å². The highest BCUT2D eigenvalue weighted by molar-refractivity contribution is 5.76. The molecule has 0 saturated heterocycles. The van der Waals surface area contributed by atoms with Crippen LogP contribution in [-0.4, -0.2) is 47.4 Å². The van der Waals surface area contributed by atoms with Crippen molar-refractivity contribution in [1.82, 2.24) is 5.32 Å². The largest absolute Gasteiger partial charge is 0.466 e. The van der Waals surface area contributed by atoms with Crippen LogP contribution in [0, 0.1) is 0 Å². The fourth-order valence-corrected chi connectivity index (χ4v) is 11.2. The van der Waals surface area contributed by atoms with Gasteiger partial charge in [-0.3, -0.25) is 9.59 Å². The van der Waals surface area contributed by atoms with Gasteiger partial charge in [0.25, 0.3) is 0 Å². The van der Waals surface area contributed by atoms with Crippen LogP contribution < -0.4 is 5.32 Å². The quantitative estimate of drug-likeness (QED) is 0.0320. The fraction of sp³-hybridized carbons (Fsp3) is 0.890. The Bertz CT molecular complexity index is 1280. The Morgan fingerprint density at radius 2 is 0.633 bits per heavy atom. The highest BCUT2D eigenvalue weighted by Crippen LogP contribution is 2.19. The molecule has 1 amide bonds. The van der Waals surface area contributed by atoms with E-state index in [9.17, 15) is 19.8 Å². The van der Waals surface area contributed by atoms with Crippen LogP contribution in [0.2, 0.25) is 0 Å². The minimum Gasteiger partial charge on any atom is -0.466 e. The third kappa shape index (κ3) is 65.1. The Hall–Kier alpha value is -1.92. The van der Waals surface area contributed by atoms with Crippen molar-refractivity contribution in [2.24, 2.45) is 0 Å². The maximum Gasteiger partial charge on any atom is 0.305 e. The molecule has 0 aliphatic rings. The second-order valence-electron chi connectivity index (χ2n) is 24.6. The summed E-state index contributed by atoms with van der Waals surface area (Å²) in [5, 5.41) is 23.1. The van der Waals surface area contributed by atoms with E-state index >= 15 is 0 Å². The molecule has 0 aromatic carbocycles. The molecule has 0 aromatic rings. The predicted octanol–water partition coefficient (Wildman–Crippen LogP) is 23.1. The number of aliphatic hydroxyl groups excluding tert-OH is 2. The predicted molar refractivity (Wildman–Crippen MR) is 347 cm³/mol. The number of nitrogens with one attached hydrogen (secondary N) is 1. The second-order valence-corrected chi connectivity index (χ2v) is 24.6. The number of esters is 1. The van der Waals surface area contributed by atoms with Gasteiger partial charge in [0.1, 0.15) is 0 Å². The monoisotopic (exact) mass is 1110 g/mol. The number of ether oxygens (including phenoxy) is 1. The van der Waals surface area contributed by atoms with E-state index in [1.165, 1.54) is 315 Å². The summed E-state index contributed by atoms with van der Waals surface area (Å²) in [6.07, 6.45) is 88.1. The lowest BCUT2D eigenvalue weighted by atomic mass is 10.0. The minimum atomic E-state index is -0.841. The van der Waals surface area contributed by atoms with Gasteiger partial charge in [-0.2, -0.15) is 0 Å². The van der Waals surface area contributed by atoms with Crippen LogP contribution in [0.4, 0.5) is 0 Å². The number of rotatable bonds is 67. The van der Waals surface area contributed by atoms with E-state index in [0.717, 1.165) is 51.4 Å². The smallest absolute Gasteiger partial charge is 0.305 e. The molecule has 2 unspecified atom stereocenters. The van der Waals surface area contributed by atoms with E-state index in [-0.39, 0.29) is 18.5 Å². The summed E-state index contributed by atoms with van der Waals surface area (Å²) in [7, 11) is 0. The van der Waals surface area contributed by atoms with Gasteiger partial charge in [0.15, 0.2) is 0 Å². The molecule has 0 bridgehead atoms. The van der Waals surface area contributed by atoms with E-state index in [4.69, 9.17) is 4.74 Å². The van der Waals surface area contributed by atoms with E-state index in [0.29, 0.717) is 19.4 Å². The van der Waals surface area contributed by atoms with Crippen LogP contribution in [0.25, 0.3) is 0 Å². The van der Waals surface area contributed by atoms with Crippen LogP contribution in [0.1, 0.15) is 393 Å². The third-order valence-corrected chi connectivity index (χ3v) is 16.7. The van der Waals surface area contributed by atoms with Crippen LogP contribution in [0.15, 0.2) is 36.5 Å². The summed E-state index contributed by atoms with van der Waals surface area (Å²) in [5.41, 5.74) is 0. The van der Waals surface area contributed by atoms with Crippen LogP contribution in [-0.2, 0) is 14.3 Å². The molecule has 0 aliphatic heterocycles. The van der Waals surface area contributed by atoms with Gasteiger partial charge in [-0.15, -0.1) is 0 Å². The number of carbonyl (C=O) groups is 2. The zero-order chi connectivity index (χ0) is 57.1. The Labute approximate surface area is 494 Å². The molecular formula is C73H139NO5. The van der Waals surface area contributed by atoms with Gasteiger partial charge in [0.2, 0.25) is 5.91 Å². The van der Waals surface area contributed by atoms with Crippen molar-refractivity contribution in [1.29, 1.82) is 0 Å². The Balaban J connectivity index is 3.32. The van der Waals surface area contributed by atoms with Crippen molar-refractivity contribution in [2.45, 2.75) is 405 Å². The molecule has 79 heavy (non-hydrogen) atoms. The van der Waals surface area contributed by atoms with Crippen molar-refractivity contribution in [3.05, 3.63) is 36.5 Å². The first-order chi connectivity index (χ1) is 39.0. The molecule has 466 valence electrons. The molecular weight excluding hydrogens is 971 g/mol. The maximum atomic E-state index is 12.5. The van der Waals surface area contributed by atoms with E-state index in [1.54, 1.807) is 6.08 Å². The fourth-order valence-electron chi connectivity index (χ4n) is 11.2. The van der Waals surface area contributed by atoms with Crippen LogP contribution in [0.5, 0.6) is 0 Å². The van der Waals surface area contributed by atoms with Gasteiger partial charge in [-0.25, -0.2) is 0 Å². The molecule has 3 N–H and O–H groups in total. The summed E-state index contributed by atoms with van der Waals surface area (Å²) in [6, 6.07) is -0.624. The number of hydrogen-bond acceptors (Lipinski definition) is 5. The molecule has 0 heterocycles. The lowest BCUT2D eigenvalue weighted by Crippen LogP contribution is -2.45. The zero-order valence-corrected chi connectivity index (χ0v) is 53.4. The lowest BCUT2D eigenvalue weighted by Gasteiger charge is -2.20. The lowest BCUT2D eigenvalue weighted by molar-refractivity contribution is -0.143. The standard InChI is InChI=1S/C73H139NO5/c1-3-5-7-9-11-13-15-17-18-19-32-36-39-43-47-51-55-59-63-67-73(78)79-68-64-60-56-52-48-44-40-37-34-31-29-27-25-23-21-20-22-24-26-28-30-33-35-38-42-46-50-54-58-62-66-72(77)74-70(69-75)71(76)65-61-57-53-49-45-41-16-14-12-10-8-6-4-2/h11,13,17-18,61,65,70-71,75-76H,3-10,12,14-16,19-60,62-64,66-69H2,1-2H3,(H,74,77)/b13-11-,18-17-,65-61+. The molecule has 0 aliphatic carbocycles. The summed E-state index contributed by atoms with van der Waals surface area (Å²) < 4.78 is 5.51. The first-order valence-electron chi connectivity index (χ1n) is 35.8. The van der Waals surface area contributed by atoms with E-state index in [1.807, 2.05) is 6.08 Å². The number of amides is 1. The Morgan fingerprint density at radius 1 is 0.354 bits per heavy atom. The van der Waals surface area contributed by atoms with Crippen molar-refractivity contribution < 1.29 is 24.5 Å². The molecule has 2 atom stereocenters.